The van der Waals surface area contributed by atoms with E-state index in [-0.39, 0.29) is 0 Å². The summed E-state index contributed by atoms with van der Waals surface area (Å²) in [5, 5.41) is 0.956. The fourth-order valence-corrected chi connectivity index (χ4v) is 5.61. The average molecular weight is 547 g/mol. The molecular formula is C23H29F3N2O6SSi. The second-order valence-corrected chi connectivity index (χ2v) is 12.3. The molecule has 0 fully saturated rings. The van der Waals surface area contributed by atoms with Crippen LogP contribution in [0.3, 0.4) is 0 Å². The van der Waals surface area contributed by atoms with Crippen LogP contribution in [0.5, 0.6) is 0 Å². The van der Waals surface area contributed by atoms with E-state index >= 15 is 0 Å². The number of alkyl halides is 3. The molecule has 198 valence electrons. The van der Waals surface area contributed by atoms with Gasteiger partial charge in [0, 0.05) is 26.5 Å². The first-order valence-electron chi connectivity index (χ1n) is 10.6. The summed E-state index contributed by atoms with van der Waals surface area (Å²) >= 11 is 0. The van der Waals surface area contributed by atoms with E-state index in [4.69, 9.17) is 26.2 Å². The lowest BCUT2D eigenvalue weighted by atomic mass is 10.1. The van der Waals surface area contributed by atoms with Crippen LogP contribution in [0.4, 0.5) is 13.2 Å². The highest BCUT2D eigenvalue weighted by molar-refractivity contribution is 7.86. The number of hydrogen-bond acceptors (Lipinski definition) is 6. The highest BCUT2D eigenvalue weighted by atomic mass is 32.2. The maximum atomic E-state index is 10.7. The number of halogens is 3. The van der Waals surface area contributed by atoms with Crippen molar-refractivity contribution in [1.29, 1.82) is 0 Å². The van der Waals surface area contributed by atoms with Gasteiger partial charge in [0.05, 0.1) is 0 Å². The summed E-state index contributed by atoms with van der Waals surface area (Å²) in [7, 11) is -3.99. The van der Waals surface area contributed by atoms with Crippen molar-refractivity contribution < 1.29 is 44.0 Å². The van der Waals surface area contributed by atoms with E-state index in [1.807, 2.05) is 12.1 Å². The van der Waals surface area contributed by atoms with Gasteiger partial charge < -0.3 is 17.8 Å². The van der Waals surface area contributed by atoms with E-state index in [0.717, 1.165) is 11.7 Å². The molecule has 0 spiro atoms. The third-order valence-electron chi connectivity index (χ3n) is 5.35. The molecule has 0 amide bonds. The van der Waals surface area contributed by atoms with Crippen LogP contribution in [-0.4, -0.2) is 53.2 Å². The number of imidazole rings is 1. The zero-order valence-electron chi connectivity index (χ0n) is 20.8. The molecule has 0 N–H and O–H groups in total. The Morgan fingerprint density at radius 3 is 1.86 bits per heavy atom. The Hall–Kier alpha value is -2.55. The Kier molecular flexibility index (Phi) is 9.62. The van der Waals surface area contributed by atoms with Crippen LogP contribution in [0.2, 0.25) is 0 Å². The van der Waals surface area contributed by atoms with E-state index in [1.54, 1.807) is 21.3 Å². The second-order valence-electron chi connectivity index (χ2n) is 8.01. The maximum Gasteiger partial charge on any atom is 0.536 e. The minimum absolute atomic E-state index is 0.790. The summed E-state index contributed by atoms with van der Waals surface area (Å²) in [4.78, 5) is 0. The lowest BCUT2D eigenvalue weighted by Gasteiger charge is -2.24. The summed E-state index contributed by atoms with van der Waals surface area (Å²) < 4.78 is 79.9. The number of rotatable bonds is 7. The van der Waals surface area contributed by atoms with Crippen LogP contribution in [0.15, 0.2) is 55.1 Å². The molecule has 1 heterocycles. The normalized spacial score (nSPS) is 12.3. The van der Waals surface area contributed by atoms with Crippen molar-refractivity contribution in [3.05, 3.63) is 77.4 Å². The molecule has 0 aliphatic heterocycles. The number of aryl methyl sites for hydroxylation is 3. The highest BCUT2D eigenvalue weighted by Gasteiger charge is 2.40. The molecule has 36 heavy (non-hydrogen) atoms. The molecule has 0 unspecified atom stereocenters. The van der Waals surface area contributed by atoms with Gasteiger partial charge in [-0.25, -0.2) is 17.6 Å². The quantitative estimate of drug-likeness (QED) is 0.196. The van der Waals surface area contributed by atoms with E-state index < -0.39 is 24.4 Å². The lowest BCUT2D eigenvalue weighted by Crippen LogP contribution is -2.54. The number of nitrogens with zero attached hydrogens (tertiary/aromatic N) is 2. The van der Waals surface area contributed by atoms with Crippen molar-refractivity contribution in [3.63, 3.8) is 0 Å². The van der Waals surface area contributed by atoms with E-state index in [0.29, 0.717) is 0 Å². The van der Waals surface area contributed by atoms with Crippen LogP contribution in [0.1, 0.15) is 22.3 Å². The second kappa shape index (κ2) is 11.7. The van der Waals surface area contributed by atoms with Crippen molar-refractivity contribution >= 4 is 24.1 Å². The fraction of sp³-hybridized carbons (Fsp3) is 0.348. The highest BCUT2D eigenvalue weighted by Crippen LogP contribution is 2.20. The minimum atomic E-state index is -6.09. The summed E-state index contributed by atoms with van der Waals surface area (Å²) in [5.74, 6) is 0. The van der Waals surface area contributed by atoms with Crippen molar-refractivity contribution in [2.45, 2.75) is 32.8 Å². The van der Waals surface area contributed by atoms with Crippen LogP contribution in [0.25, 0.3) is 5.69 Å². The van der Waals surface area contributed by atoms with Crippen LogP contribution >= 0.6 is 0 Å². The summed E-state index contributed by atoms with van der Waals surface area (Å²) in [5.41, 5.74) is 0.661. The largest absolute Gasteiger partial charge is 0.741 e. The third-order valence-corrected chi connectivity index (χ3v) is 8.57. The Balaban J connectivity index is 0.000000493. The summed E-state index contributed by atoms with van der Waals surface area (Å²) in [6, 6.07) is 12.7. The summed E-state index contributed by atoms with van der Waals surface area (Å²) in [6.07, 6.45) is 6.35. The first-order valence-corrected chi connectivity index (χ1v) is 13.7. The SMILES string of the molecule is CO[Si](OC)(OC)c1ccc(Cn2cc[n+](-c3c(C)cc(C)cc3C)c2)cc1.O=S(=O)([O-])C(F)(F)F. The standard InChI is InChI=1S/C22H29N2O3Si.CHF3O3S/c1-17-13-18(2)22(19(3)14-17)24-12-11-23(16-24)15-20-7-9-21(10-8-20)28(25-4,26-5)27-6;2-1(3,4)8(5,6)7/h7-14,16H,15H2,1-6H3;(H,5,6,7)/q+1;/p-1. The topological polar surface area (TPSA) is 93.7 Å². The van der Waals surface area contributed by atoms with Crippen LogP contribution in [-0.2, 0) is 29.9 Å². The van der Waals surface area contributed by atoms with Gasteiger partial charge >= 0.3 is 14.3 Å². The Morgan fingerprint density at radius 2 is 1.44 bits per heavy atom. The van der Waals surface area contributed by atoms with Gasteiger partial charge in [-0.2, -0.15) is 13.2 Å². The molecule has 2 aromatic carbocycles. The average Bonchev–Trinajstić information content (AvgIpc) is 3.22. The summed E-state index contributed by atoms with van der Waals surface area (Å²) in [6.45, 7) is 7.25. The molecule has 0 bridgehead atoms. The van der Waals surface area contributed by atoms with Crippen molar-refractivity contribution in [2.75, 3.05) is 21.3 Å². The molecule has 1 aromatic heterocycles. The molecule has 0 saturated heterocycles. The maximum absolute atomic E-state index is 10.7. The van der Waals surface area contributed by atoms with Gasteiger partial charge in [0.25, 0.3) is 0 Å². The molecule has 3 rings (SSSR count). The predicted octanol–water partition coefficient (Wildman–Crippen LogP) is 2.87. The first-order chi connectivity index (χ1) is 16.7. The Bertz CT molecular complexity index is 1240. The number of hydrogen-bond donors (Lipinski definition) is 0. The van der Waals surface area contributed by atoms with Gasteiger partial charge in [0.1, 0.15) is 24.6 Å². The molecule has 0 aliphatic carbocycles. The monoisotopic (exact) mass is 546 g/mol. The van der Waals surface area contributed by atoms with E-state index in [2.05, 4.69) is 72.9 Å². The van der Waals surface area contributed by atoms with E-state index in [1.165, 1.54) is 27.9 Å². The van der Waals surface area contributed by atoms with E-state index in [9.17, 15) is 13.2 Å². The van der Waals surface area contributed by atoms with Crippen molar-refractivity contribution in [1.82, 2.24) is 4.57 Å². The van der Waals surface area contributed by atoms with Crippen molar-refractivity contribution in [2.24, 2.45) is 0 Å². The van der Waals surface area contributed by atoms with Gasteiger partial charge in [-0.3, -0.25) is 0 Å². The van der Waals surface area contributed by atoms with Gasteiger partial charge in [0.2, 0.25) is 6.33 Å². The molecule has 0 saturated carbocycles. The molecular weight excluding hydrogens is 517 g/mol. The molecule has 3 aromatic rings. The number of benzene rings is 2. The van der Waals surface area contributed by atoms with Crippen molar-refractivity contribution in [3.8, 4) is 5.69 Å². The molecule has 8 nitrogen and oxygen atoms in total. The number of aromatic nitrogens is 2. The molecule has 0 atom stereocenters. The fourth-order valence-electron chi connectivity index (χ4n) is 3.83. The van der Waals surface area contributed by atoms with Gasteiger partial charge in [-0.05, 0) is 37.5 Å². The lowest BCUT2D eigenvalue weighted by molar-refractivity contribution is -0.596. The molecule has 13 heteroatoms. The first kappa shape index (κ1) is 29.7. The molecule has 0 aliphatic rings. The predicted molar refractivity (Wildman–Crippen MR) is 128 cm³/mol. The van der Waals surface area contributed by atoms with Crippen LogP contribution < -0.4 is 9.75 Å². The Labute approximate surface area is 210 Å². The van der Waals surface area contributed by atoms with Gasteiger partial charge in [-0.15, -0.1) is 0 Å². The zero-order valence-corrected chi connectivity index (χ0v) is 22.6. The van der Waals surface area contributed by atoms with Gasteiger partial charge in [0.15, 0.2) is 10.1 Å². The smallest absolute Gasteiger partial charge is 0.536 e. The molecule has 0 radical (unpaired) electrons. The van der Waals surface area contributed by atoms with Gasteiger partial charge in [-0.1, -0.05) is 42.0 Å². The minimum Gasteiger partial charge on any atom is -0.741 e. The Morgan fingerprint density at radius 1 is 0.972 bits per heavy atom. The zero-order chi connectivity index (χ0) is 27.3. The van der Waals surface area contributed by atoms with Crippen LogP contribution in [0, 0.1) is 20.8 Å². The third kappa shape index (κ3) is 7.02.